The Morgan fingerprint density at radius 2 is 1.93 bits per heavy atom. The Kier molecular flexibility index (Phi) is 5.95. The molecule has 30 heavy (non-hydrogen) atoms. The lowest BCUT2D eigenvalue weighted by Gasteiger charge is -2.13. The van der Waals surface area contributed by atoms with Crippen LogP contribution in [0.4, 0.5) is 11.4 Å². The molecule has 0 fully saturated rings. The van der Waals surface area contributed by atoms with Gasteiger partial charge in [0.1, 0.15) is 5.76 Å². The highest BCUT2D eigenvalue weighted by Crippen LogP contribution is 2.37. The monoisotopic (exact) mass is 404 g/mol. The molecule has 154 valence electrons. The van der Waals surface area contributed by atoms with E-state index < -0.39 is 0 Å². The van der Waals surface area contributed by atoms with Gasteiger partial charge in [-0.2, -0.15) is 0 Å². The summed E-state index contributed by atoms with van der Waals surface area (Å²) in [6.07, 6.45) is 3.62. The van der Waals surface area contributed by atoms with Gasteiger partial charge in [0, 0.05) is 49.1 Å². The summed E-state index contributed by atoms with van der Waals surface area (Å²) < 4.78 is 10.5. The third-order valence-corrected chi connectivity index (χ3v) is 5.23. The zero-order valence-electron chi connectivity index (χ0n) is 16.9. The molecule has 0 aliphatic heterocycles. The van der Waals surface area contributed by atoms with E-state index in [1.807, 2.05) is 30.3 Å². The van der Waals surface area contributed by atoms with Crippen LogP contribution >= 0.6 is 0 Å². The van der Waals surface area contributed by atoms with Crippen molar-refractivity contribution in [2.45, 2.75) is 19.3 Å². The number of methoxy groups -OCH3 is 1. The molecule has 6 heteroatoms. The molecule has 2 aromatic carbocycles. The number of nitrogens with one attached hydrogen (secondary N) is 2. The highest BCUT2D eigenvalue weighted by molar-refractivity contribution is 6.12. The van der Waals surface area contributed by atoms with Gasteiger partial charge >= 0.3 is 0 Å². The van der Waals surface area contributed by atoms with E-state index in [2.05, 4.69) is 10.6 Å². The lowest BCUT2D eigenvalue weighted by Crippen LogP contribution is -2.14. The van der Waals surface area contributed by atoms with Crippen LogP contribution in [0.15, 0.2) is 59.2 Å². The average molecular weight is 404 g/mol. The average Bonchev–Trinajstić information content (AvgIpc) is 3.43. The molecule has 3 aromatic rings. The number of rotatable bonds is 8. The summed E-state index contributed by atoms with van der Waals surface area (Å²) >= 11 is 0. The van der Waals surface area contributed by atoms with Crippen molar-refractivity contribution in [1.29, 1.82) is 0 Å². The van der Waals surface area contributed by atoms with E-state index in [1.54, 1.807) is 31.6 Å². The number of amides is 1. The predicted molar refractivity (Wildman–Crippen MR) is 116 cm³/mol. The molecular weight excluding hydrogens is 380 g/mol. The topological polar surface area (TPSA) is 80.6 Å². The largest absolute Gasteiger partial charge is 0.464 e. The zero-order chi connectivity index (χ0) is 20.9. The zero-order valence-corrected chi connectivity index (χ0v) is 16.9. The summed E-state index contributed by atoms with van der Waals surface area (Å²) in [7, 11) is 1.68. The lowest BCUT2D eigenvalue weighted by molar-refractivity contribution is 0.0995. The maximum Gasteiger partial charge on any atom is 0.255 e. The second-order valence-corrected chi connectivity index (χ2v) is 7.22. The van der Waals surface area contributed by atoms with Crippen molar-refractivity contribution >= 4 is 23.1 Å². The number of ketones is 1. The van der Waals surface area contributed by atoms with Crippen LogP contribution in [0.1, 0.15) is 39.1 Å². The number of furan rings is 1. The lowest BCUT2D eigenvalue weighted by atomic mass is 9.99. The molecule has 4 rings (SSSR count). The first kappa shape index (κ1) is 19.9. The van der Waals surface area contributed by atoms with Crippen molar-refractivity contribution in [3.63, 3.8) is 0 Å². The highest BCUT2D eigenvalue weighted by Gasteiger charge is 2.27. The fourth-order valence-electron chi connectivity index (χ4n) is 3.74. The van der Waals surface area contributed by atoms with Crippen molar-refractivity contribution in [1.82, 2.24) is 0 Å². The number of hydrogen-bond acceptors (Lipinski definition) is 5. The van der Waals surface area contributed by atoms with Gasteiger partial charge in [-0.15, -0.1) is 0 Å². The van der Waals surface area contributed by atoms with Gasteiger partial charge in [0.2, 0.25) is 0 Å². The summed E-state index contributed by atoms with van der Waals surface area (Å²) in [5.74, 6) is 0.533. The number of fused-ring (bicyclic) bond motifs is 1. The molecule has 1 heterocycles. The molecule has 0 bridgehead atoms. The molecule has 6 nitrogen and oxygen atoms in total. The fraction of sp³-hybridized carbons (Fsp3) is 0.250. The van der Waals surface area contributed by atoms with Crippen molar-refractivity contribution < 1.29 is 18.7 Å². The van der Waals surface area contributed by atoms with Crippen LogP contribution in [-0.4, -0.2) is 32.0 Å². The van der Waals surface area contributed by atoms with Gasteiger partial charge < -0.3 is 19.8 Å². The van der Waals surface area contributed by atoms with Gasteiger partial charge in [0.15, 0.2) is 5.78 Å². The second-order valence-electron chi connectivity index (χ2n) is 7.22. The Balaban J connectivity index is 1.50. The summed E-state index contributed by atoms with van der Waals surface area (Å²) in [6.45, 7) is 1.50. The Morgan fingerprint density at radius 3 is 2.67 bits per heavy atom. The van der Waals surface area contributed by atoms with E-state index in [-0.39, 0.29) is 11.7 Å². The first-order valence-electron chi connectivity index (χ1n) is 10.0. The van der Waals surface area contributed by atoms with E-state index in [0.717, 1.165) is 35.5 Å². The molecular formula is C24H24N2O4. The Morgan fingerprint density at radius 1 is 1.10 bits per heavy atom. The number of Topliss-reactive ketones (excluding diaryl/α,β-unsaturated/α-hetero) is 1. The fourth-order valence-corrected chi connectivity index (χ4v) is 3.74. The third-order valence-electron chi connectivity index (χ3n) is 5.23. The number of ether oxygens (including phenoxy) is 1. The standard InChI is InChI=1S/C24H24N2O4/c1-29-14-3-13-25-17-7-5-16(6-8-17)24(28)26-20-11-9-18(22-4-2-15-30-22)19-10-12-21(27)23(19)20/h2,4-9,11,15,25H,3,10,12-14H2,1H3,(H,26,28). The van der Waals surface area contributed by atoms with Crippen LogP contribution in [0.5, 0.6) is 0 Å². The molecule has 0 unspecified atom stereocenters. The predicted octanol–water partition coefficient (Wildman–Crippen LogP) is 4.78. The number of hydrogen-bond donors (Lipinski definition) is 2. The molecule has 0 saturated heterocycles. The van der Waals surface area contributed by atoms with Crippen LogP contribution in [0.25, 0.3) is 11.3 Å². The summed E-state index contributed by atoms with van der Waals surface area (Å²) in [4.78, 5) is 25.3. The molecule has 0 spiro atoms. The number of carbonyl (C=O) groups excluding carboxylic acids is 2. The van der Waals surface area contributed by atoms with E-state index in [9.17, 15) is 9.59 Å². The second kappa shape index (κ2) is 8.97. The molecule has 0 saturated carbocycles. The minimum absolute atomic E-state index is 0.0457. The first-order chi connectivity index (χ1) is 14.7. The summed E-state index contributed by atoms with van der Waals surface area (Å²) in [6, 6.07) is 14.7. The Bertz CT molecular complexity index is 1040. The minimum Gasteiger partial charge on any atom is -0.464 e. The number of anilines is 2. The van der Waals surface area contributed by atoms with Crippen molar-refractivity contribution in [2.24, 2.45) is 0 Å². The van der Waals surface area contributed by atoms with Crippen molar-refractivity contribution in [3.05, 3.63) is 71.5 Å². The van der Waals surface area contributed by atoms with Crippen LogP contribution in [-0.2, 0) is 11.2 Å². The third kappa shape index (κ3) is 4.14. The molecule has 0 radical (unpaired) electrons. The molecule has 0 atom stereocenters. The Labute approximate surface area is 175 Å². The molecule has 2 N–H and O–H groups in total. The van der Waals surface area contributed by atoms with Gasteiger partial charge in [-0.05, 0) is 66.9 Å². The van der Waals surface area contributed by atoms with E-state index >= 15 is 0 Å². The SMILES string of the molecule is COCCCNc1ccc(C(=O)Nc2ccc(-c3ccco3)c3c2C(=O)CC3)cc1. The van der Waals surface area contributed by atoms with Gasteiger partial charge in [0.05, 0.1) is 12.0 Å². The first-order valence-corrected chi connectivity index (χ1v) is 10.0. The number of carbonyl (C=O) groups is 2. The van der Waals surface area contributed by atoms with E-state index in [1.165, 1.54) is 0 Å². The van der Waals surface area contributed by atoms with Crippen LogP contribution in [0, 0.1) is 0 Å². The van der Waals surface area contributed by atoms with Gasteiger partial charge in [-0.3, -0.25) is 9.59 Å². The molecule has 1 aliphatic carbocycles. The molecule has 1 aromatic heterocycles. The van der Waals surface area contributed by atoms with Crippen LogP contribution < -0.4 is 10.6 Å². The maximum absolute atomic E-state index is 12.8. The van der Waals surface area contributed by atoms with Crippen molar-refractivity contribution in [2.75, 3.05) is 30.9 Å². The van der Waals surface area contributed by atoms with Gasteiger partial charge in [0.25, 0.3) is 5.91 Å². The normalized spacial score (nSPS) is 12.6. The Hall–Kier alpha value is -3.38. The number of benzene rings is 2. The van der Waals surface area contributed by atoms with E-state index in [0.29, 0.717) is 36.3 Å². The van der Waals surface area contributed by atoms with Crippen molar-refractivity contribution in [3.8, 4) is 11.3 Å². The molecule has 1 amide bonds. The van der Waals surface area contributed by atoms with Gasteiger partial charge in [-0.25, -0.2) is 0 Å². The quantitative estimate of drug-likeness (QED) is 0.528. The highest BCUT2D eigenvalue weighted by atomic mass is 16.5. The minimum atomic E-state index is -0.242. The van der Waals surface area contributed by atoms with Crippen LogP contribution in [0.2, 0.25) is 0 Å². The smallest absolute Gasteiger partial charge is 0.255 e. The summed E-state index contributed by atoms with van der Waals surface area (Å²) in [5, 5.41) is 6.20. The maximum atomic E-state index is 12.8. The molecule has 1 aliphatic rings. The van der Waals surface area contributed by atoms with Crippen LogP contribution in [0.3, 0.4) is 0 Å². The summed E-state index contributed by atoms with van der Waals surface area (Å²) in [5.41, 5.74) is 4.46. The van der Waals surface area contributed by atoms with Gasteiger partial charge in [-0.1, -0.05) is 0 Å². The van der Waals surface area contributed by atoms with E-state index in [4.69, 9.17) is 9.15 Å².